The number of nitrogens with zero attached hydrogens (tertiary/aromatic N) is 2. The second kappa shape index (κ2) is 3.91. The molecule has 0 aliphatic carbocycles. The van der Waals surface area contributed by atoms with E-state index in [1.807, 2.05) is 0 Å². The fraction of sp³-hybridized carbons (Fsp3) is 0.0714. The van der Waals surface area contributed by atoms with Gasteiger partial charge in [-0.1, -0.05) is 18.2 Å². The molecule has 2 aromatic carbocycles. The van der Waals surface area contributed by atoms with Crippen LogP contribution >= 0.6 is 0 Å². The normalized spacial score (nSPS) is 11.1. The minimum absolute atomic E-state index is 0.303. The van der Waals surface area contributed by atoms with Gasteiger partial charge in [0.15, 0.2) is 5.82 Å². The molecule has 0 amide bonds. The van der Waals surface area contributed by atoms with E-state index in [1.54, 1.807) is 42.2 Å². The maximum Gasteiger partial charge on any atom is 0.151 e. The van der Waals surface area contributed by atoms with Crippen molar-refractivity contribution < 1.29 is 8.78 Å². The number of imidazole rings is 1. The molecule has 0 unspecified atom stereocenters. The van der Waals surface area contributed by atoms with E-state index in [1.165, 1.54) is 12.1 Å². The molecule has 0 N–H and O–H groups in total. The van der Waals surface area contributed by atoms with Crippen molar-refractivity contribution in [3.05, 3.63) is 54.4 Å². The number of aromatic nitrogens is 2. The Kier molecular flexibility index (Phi) is 2.37. The van der Waals surface area contributed by atoms with Crippen LogP contribution in [0.15, 0.2) is 42.7 Å². The number of fused-ring (bicyclic) bond motifs is 1. The van der Waals surface area contributed by atoms with Crippen molar-refractivity contribution in [2.45, 2.75) is 0 Å². The average Bonchev–Trinajstić information content (AvgIpc) is 2.72. The molecular weight excluding hydrogens is 234 g/mol. The van der Waals surface area contributed by atoms with Crippen molar-refractivity contribution in [2.75, 3.05) is 0 Å². The lowest BCUT2D eigenvalue weighted by Crippen LogP contribution is -1.89. The lowest BCUT2D eigenvalue weighted by Gasteiger charge is -2.05. The number of benzene rings is 2. The van der Waals surface area contributed by atoms with Gasteiger partial charge in [0.2, 0.25) is 0 Å². The topological polar surface area (TPSA) is 17.8 Å². The first-order valence-corrected chi connectivity index (χ1v) is 5.52. The van der Waals surface area contributed by atoms with Crippen LogP contribution in [-0.2, 0) is 7.05 Å². The number of hydrogen-bond acceptors (Lipinski definition) is 1. The number of hydrogen-bond donors (Lipinski definition) is 0. The fourth-order valence-electron chi connectivity index (χ4n) is 2.04. The third kappa shape index (κ3) is 1.57. The summed E-state index contributed by atoms with van der Waals surface area (Å²) in [4.78, 5) is 3.97. The fourth-order valence-corrected chi connectivity index (χ4v) is 2.04. The van der Waals surface area contributed by atoms with Crippen molar-refractivity contribution in [3.8, 4) is 11.1 Å². The highest BCUT2D eigenvalue weighted by Gasteiger charge is 2.11. The lowest BCUT2D eigenvalue weighted by atomic mass is 10.0. The summed E-state index contributed by atoms with van der Waals surface area (Å²) in [6, 6.07) is 9.38. The summed E-state index contributed by atoms with van der Waals surface area (Å²) in [5, 5.41) is 0. The van der Waals surface area contributed by atoms with Crippen molar-refractivity contribution in [1.29, 1.82) is 0 Å². The minimum atomic E-state index is -0.439. The first kappa shape index (κ1) is 10.9. The van der Waals surface area contributed by atoms with Gasteiger partial charge in [0, 0.05) is 12.6 Å². The second-order valence-corrected chi connectivity index (χ2v) is 4.16. The third-order valence-electron chi connectivity index (χ3n) is 2.97. The molecule has 2 nitrogen and oxygen atoms in total. The Morgan fingerprint density at radius 1 is 1.06 bits per heavy atom. The van der Waals surface area contributed by atoms with E-state index in [-0.39, 0.29) is 5.82 Å². The summed E-state index contributed by atoms with van der Waals surface area (Å²) in [5.41, 5.74) is 1.85. The summed E-state index contributed by atoms with van der Waals surface area (Å²) in [7, 11) is 1.78. The van der Waals surface area contributed by atoms with Crippen molar-refractivity contribution in [2.24, 2.45) is 7.05 Å². The molecule has 0 aliphatic heterocycles. The maximum absolute atomic E-state index is 13.9. The first-order chi connectivity index (χ1) is 8.66. The van der Waals surface area contributed by atoms with Crippen LogP contribution in [0.25, 0.3) is 22.2 Å². The minimum Gasteiger partial charge on any atom is -0.334 e. The zero-order valence-corrected chi connectivity index (χ0v) is 9.69. The van der Waals surface area contributed by atoms with Gasteiger partial charge >= 0.3 is 0 Å². The molecule has 0 saturated carbocycles. The molecule has 18 heavy (non-hydrogen) atoms. The van der Waals surface area contributed by atoms with E-state index in [2.05, 4.69) is 4.98 Å². The number of aryl methyl sites for hydroxylation is 1. The molecule has 0 fully saturated rings. The standard InChI is InChI=1S/C14H10F2N2/c1-18-8-17-14-12(16)6-9(7-13(14)18)10-4-2-3-5-11(10)15/h2-8H,1H3. The van der Waals surface area contributed by atoms with E-state index < -0.39 is 5.82 Å². The first-order valence-electron chi connectivity index (χ1n) is 5.52. The quantitative estimate of drug-likeness (QED) is 0.640. The Hall–Kier alpha value is -2.23. The molecule has 0 radical (unpaired) electrons. The number of rotatable bonds is 1. The van der Waals surface area contributed by atoms with Gasteiger partial charge in [-0.25, -0.2) is 13.8 Å². The highest BCUT2D eigenvalue weighted by Crippen LogP contribution is 2.27. The SMILES string of the molecule is Cn1cnc2c(F)cc(-c3ccccc3F)cc21. The molecule has 0 saturated heterocycles. The molecule has 1 heterocycles. The lowest BCUT2D eigenvalue weighted by molar-refractivity contribution is 0.629. The van der Waals surface area contributed by atoms with E-state index >= 15 is 0 Å². The predicted molar refractivity (Wildman–Crippen MR) is 66.1 cm³/mol. The Morgan fingerprint density at radius 2 is 1.83 bits per heavy atom. The van der Waals surface area contributed by atoms with Crippen LogP contribution in [0.1, 0.15) is 0 Å². The Bertz CT molecular complexity index is 732. The van der Waals surface area contributed by atoms with Gasteiger partial charge in [0.05, 0.1) is 11.8 Å². The monoisotopic (exact) mass is 244 g/mol. The van der Waals surface area contributed by atoms with Gasteiger partial charge < -0.3 is 4.57 Å². The van der Waals surface area contributed by atoms with E-state index in [4.69, 9.17) is 0 Å². The van der Waals surface area contributed by atoms with Crippen molar-refractivity contribution in [1.82, 2.24) is 9.55 Å². The largest absolute Gasteiger partial charge is 0.334 e. The summed E-state index contributed by atoms with van der Waals surface area (Å²) >= 11 is 0. The van der Waals surface area contributed by atoms with Crippen molar-refractivity contribution >= 4 is 11.0 Å². The molecule has 0 aliphatic rings. The van der Waals surface area contributed by atoms with Gasteiger partial charge in [-0.3, -0.25) is 0 Å². The van der Waals surface area contributed by atoms with Crippen molar-refractivity contribution in [3.63, 3.8) is 0 Å². The summed E-state index contributed by atoms with van der Waals surface area (Å²) in [5.74, 6) is -0.801. The van der Waals surface area contributed by atoms with Gasteiger partial charge in [0.1, 0.15) is 11.3 Å². The summed E-state index contributed by atoms with van der Waals surface area (Å²) in [6.07, 6.45) is 1.54. The van der Waals surface area contributed by atoms with Crippen LogP contribution in [0.3, 0.4) is 0 Å². The van der Waals surface area contributed by atoms with Crippen LogP contribution in [0, 0.1) is 11.6 Å². The predicted octanol–water partition coefficient (Wildman–Crippen LogP) is 3.52. The maximum atomic E-state index is 13.9. The van der Waals surface area contributed by atoms with Crippen LogP contribution < -0.4 is 0 Å². The second-order valence-electron chi connectivity index (χ2n) is 4.16. The Labute approximate surface area is 103 Å². The molecule has 0 atom stereocenters. The van der Waals surface area contributed by atoms with E-state index in [0.717, 1.165) is 0 Å². The highest BCUT2D eigenvalue weighted by atomic mass is 19.1. The van der Waals surface area contributed by atoms with Crippen LogP contribution in [0.5, 0.6) is 0 Å². The van der Waals surface area contributed by atoms with Crippen LogP contribution in [0.4, 0.5) is 8.78 Å². The molecular formula is C14H10F2N2. The highest BCUT2D eigenvalue weighted by molar-refractivity contribution is 5.82. The molecule has 4 heteroatoms. The van der Waals surface area contributed by atoms with Crippen LogP contribution in [0.2, 0.25) is 0 Å². The zero-order valence-electron chi connectivity index (χ0n) is 9.69. The smallest absolute Gasteiger partial charge is 0.151 e. The molecule has 0 bridgehead atoms. The molecule has 0 spiro atoms. The molecule has 3 rings (SSSR count). The van der Waals surface area contributed by atoms with Crippen LogP contribution in [-0.4, -0.2) is 9.55 Å². The third-order valence-corrected chi connectivity index (χ3v) is 2.97. The van der Waals surface area contributed by atoms with Gasteiger partial charge in [-0.15, -0.1) is 0 Å². The molecule has 90 valence electrons. The summed E-state index contributed by atoms with van der Waals surface area (Å²) in [6.45, 7) is 0. The van der Waals surface area contributed by atoms with Gasteiger partial charge in [-0.2, -0.15) is 0 Å². The van der Waals surface area contributed by atoms with Gasteiger partial charge in [0.25, 0.3) is 0 Å². The number of halogens is 2. The average molecular weight is 244 g/mol. The Balaban J connectivity index is 2.31. The van der Waals surface area contributed by atoms with E-state index in [9.17, 15) is 8.78 Å². The zero-order chi connectivity index (χ0) is 12.7. The molecule has 3 aromatic rings. The Morgan fingerprint density at radius 3 is 2.61 bits per heavy atom. The summed E-state index contributed by atoms with van der Waals surface area (Å²) < 4.78 is 29.3. The van der Waals surface area contributed by atoms with E-state index in [0.29, 0.717) is 22.2 Å². The molecule has 1 aromatic heterocycles. The van der Waals surface area contributed by atoms with Gasteiger partial charge in [-0.05, 0) is 23.8 Å².